The van der Waals surface area contributed by atoms with E-state index in [0.717, 1.165) is 61.1 Å². The molecule has 1 N–H and O–H groups in total. The van der Waals surface area contributed by atoms with E-state index in [4.69, 9.17) is 11.6 Å². The molecule has 0 unspecified atom stereocenters. The fourth-order valence-electron chi connectivity index (χ4n) is 4.39. The van der Waals surface area contributed by atoms with Crippen molar-refractivity contribution in [2.24, 2.45) is 0 Å². The van der Waals surface area contributed by atoms with E-state index in [2.05, 4.69) is 21.9 Å². The topological polar surface area (TPSA) is 52.2 Å². The van der Waals surface area contributed by atoms with Gasteiger partial charge in [-0.05, 0) is 81.7 Å². The number of likely N-dealkylation sites (tertiary alicyclic amines) is 1. The Morgan fingerprint density at radius 1 is 1.27 bits per heavy atom. The molecule has 0 aliphatic carbocycles. The lowest BCUT2D eigenvalue weighted by Crippen LogP contribution is -2.44. The molecular weight excluding hydrogens is 396 g/mol. The van der Waals surface area contributed by atoms with E-state index in [1.165, 1.54) is 5.56 Å². The summed E-state index contributed by atoms with van der Waals surface area (Å²) in [6, 6.07) is 12.2. The van der Waals surface area contributed by atoms with Gasteiger partial charge in [0, 0.05) is 41.6 Å². The molecule has 1 aliphatic heterocycles. The standard InChI is InChI=1S/C24H29ClN4O/c1-28-14-11-18(12-15-28)29(2)23(30)8-5-6-19-20-16-17(25)9-10-21(20)27-24(19)22-7-3-4-13-26-22/h3-4,7,9-10,13,16,18,27H,5-6,8,11-12,14-15H2,1-2H3. The second kappa shape index (κ2) is 9.19. The molecule has 1 amide bonds. The van der Waals surface area contributed by atoms with E-state index in [-0.39, 0.29) is 5.91 Å². The molecule has 6 heteroatoms. The smallest absolute Gasteiger partial charge is 0.222 e. The van der Waals surface area contributed by atoms with E-state index < -0.39 is 0 Å². The van der Waals surface area contributed by atoms with Crippen LogP contribution in [0.25, 0.3) is 22.3 Å². The molecule has 4 rings (SSSR count). The first-order valence-corrected chi connectivity index (χ1v) is 11.1. The monoisotopic (exact) mass is 424 g/mol. The molecule has 3 heterocycles. The van der Waals surface area contributed by atoms with E-state index in [1.807, 2.05) is 48.3 Å². The number of pyridine rings is 1. The van der Waals surface area contributed by atoms with Crippen LogP contribution in [0, 0.1) is 0 Å². The number of carbonyl (C=O) groups is 1. The zero-order chi connectivity index (χ0) is 21.1. The van der Waals surface area contributed by atoms with Crippen LogP contribution in [0.4, 0.5) is 0 Å². The molecule has 3 aromatic rings. The Morgan fingerprint density at radius 3 is 2.80 bits per heavy atom. The van der Waals surface area contributed by atoms with Gasteiger partial charge in [0.1, 0.15) is 0 Å². The lowest BCUT2D eigenvalue weighted by molar-refractivity contribution is -0.132. The van der Waals surface area contributed by atoms with E-state index in [0.29, 0.717) is 17.5 Å². The van der Waals surface area contributed by atoms with Crippen molar-refractivity contribution in [3.05, 3.63) is 53.2 Å². The van der Waals surface area contributed by atoms with E-state index >= 15 is 0 Å². The average molecular weight is 425 g/mol. The summed E-state index contributed by atoms with van der Waals surface area (Å²) >= 11 is 6.27. The predicted molar refractivity (Wildman–Crippen MR) is 123 cm³/mol. The summed E-state index contributed by atoms with van der Waals surface area (Å²) in [5, 5.41) is 1.83. The number of halogens is 1. The van der Waals surface area contributed by atoms with Crippen LogP contribution in [0.3, 0.4) is 0 Å². The minimum absolute atomic E-state index is 0.238. The molecule has 1 aliphatic rings. The molecule has 0 radical (unpaired) electrons. The quantitative estimate of drug-likeness (QED) is 0.620. The van der Waals surface area contributed by atoms with Gasteiger partial charge in [0.15, 0.2) is 0 Å². The van der Waals surface area contributed by atoms with Crippen molar-refractivity contribution in [3.63, 3.8) is 0 Å². The van der Waals surface area contributed by atoms with Gasteiger partial charge in [-0.2, -0.15) is 0 Å². The first-order valence-electron chi connectivity index (χ1n) is 10.7. The highest BCUT2D eigenvalue weighted by Crippen LogP contribution is 2.32. The third kappa shape index (κ3) is 4.52. The van der Waals surface area contributed by atoms with Crippen LogP contribution in [0.1, 0.15) is 31.2 Å². The number of benzene rings is 1. The largest absolute Gasteiger partial charge is 0.353 e. The number of piperidine rings is 1. The zero-order valence-corrected chi connectivity index (χ0v) is 18.5. The van der Waals surface area contributed by atoms with Crippen molar-refractivity contribution < 1.29 is 4.79 Å². The number of aromatic amines is 1. The SMILES string of the molecule is CN1CCC(N(C)C(=O)CCCc2c(-c3ccccn3)[nH]c3ccc(Cl)cc23)CC1. The van der Waals surface area contributed by atoms with Gasteiger partial charge in [0.05, 0.1) is 11.4 Å². The van der Waals surface area contributed by atoms with Gasteiger partial charge < -0.3 is 14.8 Å². The van der Waals surface area contributed by atoms with Gasteiger partial charge in [0.25, 0.3) is 0 Å². The van der Waals surface area contributed by atoms with Crippen molar-refractivity contribution in [1.29, 1.82) is 0 Å². The number of aromatic nitrogens is 2. The number of hydrogen-bond acceptors (Lipinski definition) is 3. The number of amides is 1. The number of rotatable bonds is 6. The van der Waals surface area contributed by atoms with Crippen LogP contribution in [0.2, 0.25) is 5.02 Å². The first kappa shape index (κ1) is 20.9. The maximum atomic E-state index is 12.8. The van der Waals surface area contributed by atoms with Gasteiger partial charge >= 0.3 is 0 Å². The maximum absolute atomic E-state index is 12.8. The minimum Gasteiger partial charge on any atom is -0.353 e. The summed E-state index contributed by atoms with van der Waals surface area (Å²) < 4.78 is 0. The van der Waals surface area contributed by atoms with E-state index in [1.54, 1.807) is 6.20 Å². The van der Waals surface area contributed by atoms with Crippen molar-refractivity contribution in [2.45, 2.75) is 38.1 Å². The molecule has 2 aromatic heterocycles. The Labute approximate surface area is 183 Å². The highest BCUT2D eigenvalue weighted by atomic mass is 35.5. The Kier molecular flexibility index (Phi) is 6.40. The van der Waals surface area contributed by atoms with Gasteiger partial charge in [0.2, 0.25) is 5.91 Å². The second-order valence-electron chi connectivity index (χ2n) is 8.28. The highest BCUT2D eigenvalue weighted by Gasteiger charge is 2.24. The molecule has 1 aromatic carbocycles. The number of carbonyl (C=O) groups excluding carboxylic acids is 1. The summed E-state index contributed by atoms with van der Waals surface area (Å²) in [4.78, 5) is 25.1. The molecule has 0 spiro atoms. The van der Waals surface area contributed by atoms with Crippen molar-refractivity contribution in [3.8, 4) is 11.4 Å². The molecule has 30 heavy (non-hydrogen) atoms. The number of nitrogens with zero attached hydrogens (tertiary/aromatic N) is 3. The third-order valence-corrected chi connectivity index (χ3v) is 6.47. The summed E-state index contributed by atoms with van der Waals surface area (Å²) in [5.41, 5.74) is 4.16. The van der Waals surface area contributed by atoms with Crippen LogP contribution in [0.15, 0.2) is 42.6 Å². The first-order chi connectivity index (χ1) is 14.5. The molecule has 0 bridgehead atoms. The number of fused-ring (bicyclic) bond motifs is 1. The summed E-state index contributed by atoms with van der Waals surface area (Å²) in [6.45, 7) is 2.12. The van der Waals surface area contributed by atoms with Crippen LogP contribution in [0.5, 0.6) is 0 Å². The number of aryl methyl sites for hydroxylation is 1. The van der Waals surface area contributed by atoms with Crippen LogP contribution in [-0.2, 0) is 11.2 Å². The number of hydrogen-bond donors (Lipinski definition) is 1. The lowest BCUT2D eigenvalue weighted by atomic mass is 10.0. The van der Waals surface area contributed by atoms with Gasteiger partial charge in [-0.3, -0.25) is 9.78 Å². The summed E-state index contributed by atoms with van der Waals surface area (Å²) in [7, 11) is 4.10. The van der Waals surface area contributed by atoms with Gasteiger partial charge in [-0.15, -0.1) is 0 Å². The number of nitrogens with one attached hydrogen (secondary N) is 1. The lowest BCUT2D eigenvalue weighted by Gasteiger charge is -2.35. The van der Waals surface area contributed by atoms with Crippen LogP contribution >= 0.6 is 11.6 Å². The molecule has 0 saturated carbocycles. The van der Waals surface area contributed by atoms with Crippen LogP contribution in [-0.4, -0.2) is 58.9 Å². The Balaban J connectivity index is 1.48. The third-order valence-electron chi connectivity index (χ3n) is 6.24. The molecule has 158 valence electrons. The Morgan fingerprint density at radius 2 is 2.07 bits per heavy atom. The minimum atomic E-state index is 0.238. The summed E-state index contributed by atoms with van der Waals surface area (Å²) in [5.74, 6) is 0.238. The van der Waals surface area contributed by atoms with Gasteiger partial charge in [-0.1, -0.05) is 17.7 Å². The summed E-state index contributed by atoms with van der Waals surface area (Å²) in [6.07, 6.45) is 6.08. The second-order valence-corrected chi connectivity index (χ2v) is 8.71. The fourth-order valence-corrected chi connectivity index (χ4v) is 4.56. The Bertz CT molecular complexity index is 1010. The molecular formula is C24H29ClN4O. The zero-order valence-electron chi connectivity index (χ0n) is 17.7. The van der Waals surface area contributed by atoms with Crippen molar-refractivity contribution >= 4 is 28.4 Å². The maximum Gasteiger partial charge on any atom is 0.222 e. The van der Waals surface area contributed by atoms with E-state index in [9.17, 15) is 4.79 Å². The Hall–Kier alpha value is -2.37. The van der Waals surface area contributed by atoms with Crippen LogP contribution < -0.4 is 0 Å². The highest BCUT2D eigenvalue weighted by molar-refractivity contribution is 6.31. The predicted octanol–water partition coefficient (Wildman–Crippen LogP) is 4.76. The van der Waals surface area contributed by atoms with Crippen molar-refractivity contribution in [2.75, 3.05) is 27.2 Å². The normalized spacial score (nSPS) is 15.6. The molecule has 5 nitrogen and oxygen atoms in total. The molecule has 1 saturated heterocycles. The van der Waals surface area contributed by atoms with Crippen molar-refractivity contribution in [1.82, 2.24) is 19.8 Å². The average Bonchev–Trinajstić information content (AvgIpc) is 3.12. The van der Waals surface area contributed by atoms with Gasteiger partial charge in [-0.25, -0.2) is 0 Å². The fraction of sp³-hybridized carbons (Fsp3) is 0.417. The number of H-pyrrole nitrogens is 1. The molecule has 1 fully saturated rings. The molecule has 0 atom stereocenters.